The van der Waals surface area contributed by atoms with Crippen molar-refractivity contribution in [2.75, 3.05) is 6.54 Å². The van der Waals surface area contributed by atoms with Crippen LogP contribution in [-0.2, 0) is 14.4 Å². The molecule has 5 atom stereocenters. The normalized spacial score (nSPS) is 17.9. The number of phenolic OH excluding ortho intramolecular Hbond substituents is 1. The number of carboxylic acids is 1. The Labute approximate surface area is 390 Å². The number of aliphatic carboxylic acids is 1. The fraction of sp³-hybridized carbons (Fsp3) is 0.347. The summed E-state index contributed by atoms with van der Waals surface area (Å²) in [6.45, 7) is 15.1. The van der Waals surface area contributed by atoms with Crippen molar-refractivity contribution in [2.24, 2.45) is 10.4 Å². The average molecular weight is 929 g/mol. The summed E-state index contributed by atoms with van der Waals surface area (Å²) in [5.74, 6) is -1.59. The van der Waals surface area contributed by atoms with E-state index in [1.165, 1.54) is 11.0 Å². The quantitative estimate of drug-likeness (QED) is 0.0868. The minimum absolute atomic E-state index is 0.0477. The molecule has 17 heteroatoms. The van der Waals surface area contributed by atoms with Gasteiger partial charge in [0.25, 0.3) is 5.91 Å². The van der Waals surface area contributed by atoms with E-state index in [2.05, 4.69) is 25.8 Å². The first kappa shape index (κ1) is 46.0. The lowest BCUT2D eigenvalue weighted by Gasteiger charge is -2.35. The molecule has 0 unspecified atom stereocenters. The lowest BCUT2D eigenvalue weighted by Crippen LogP contribution is -2.57. The highest BCUT2D eigenvalue weighted by Gasteiger charge is 2.45. The molecule has 342 valence electrons. The molecule has 0 aliphatic carbocycles. The van der Waals surface area contributed by atoms with Gasteiger partial charge >= 0.3 is 5.97 Å². The van der Waals surface area contributed by atoms with Crippen LogP contribution in [-0.4, -0.2) is 94.1 Å². The van der Waals surface area contributed by atoms with Gasteiger partial charge in [-0.15, -0.1) is 32.9 Å². The lowest BCUT2D eigenvalue weighted by molar-refractivity contribution is -0.142. The molecular weight excluding hydrogens is 877 g/mol. The molecule has 1 saturated heterocycles. The number of thiazole rings is 1. The summed E-state index contributed by atoms with van der Waals surface area (Å²) in [5.41, 5.74) is 8.35. The smallest absolute Gasteiger partial charge is 0.306 e. The van der Waals surface area contributed by atoms with E-state index >= 15 is 0 Å². The number of hydrogen-bond donors (Lipinski definition) is 5. The van der Waals surface area contributed by atoms with E-state index in [-0.39, 0.29) is 36.7 Å². The van der Waals surface area contributed by atoms with Crippen LogP contribution in [0.5, 0.6) is 5.75 Å². The number of nitrogens with zero attached hydrogens (tertiary/aromatic N) is 6. The molecule has 3 aromatic heterocycles. The van der Waals surface area contributed by atoms with Crippen LogP contribution < -0.4 is 10.6 Å². The molecule has 8 rings (SSSR count). The van der Waals surface area contributed by atoms with E-state index in [0.29, 0.717) is 28.5 Å². The van der Waals surface area contributed by atoms with Gasteiger partial charge in [-0.2, -0.15) is 0 Å². The van der Waals surface area contributed by atoms with E-state index < -0.39 is 53.3 Å². The van der Waals surface area contributed by atoms with E-state index in [4.69, 9.17) is 4.99 Å². The predicted molar refractivity (Wildman–Crippen MR) is 253 cm³/mol. The summed E-state index contributed by atoms with van der Waals surface area (Å²) < 4.78 is 1.90. The van der Waals surface area contributed by atoms with Crippen molar-refractivity contribution >= 4 is 52.1 Å². The molecule has 5 heterocycles. The fourth-order valence-electron chi connectivity index (χ4n) is 8.64. The molecular formula is C49H52N8O7S2. The van der Waals surface area contributed by atoms with E-state index in [0.717, 1.165) is 48.3 Å². The topological polar surface area (TPSA) is 212 Å². The Kier molecular flexibility index (Phi) is 12.6. The highest BCUT2D eigenvalue weighted by molar-refractivity contribution is 7.15. The molecule has 0 spiro atoms. The van der Waals surface area contributed by atoms with Gasteiger partial charge in [-0.3, -0.25) is 28.7 Å². The Bertz CT molecular complexity index is 2890. The average Bonchev–Trinajstić information content (AvgIpc) is 4.04. The number of rotatable bonds is 11. The predicted octanol–water partition coefficient (Wildman–Crippen LogP) is 7.41. The molecule has 66 heavy (non-hydrogen) atoms. The van der Waals surface area contributed by atoms with Crippen molar-refractivity contribution in [1.82, 2.24) is 35.3 Å². The maximum Gasteiger partial charge on any atom is 0.306 e. The molecule has 2 aliphatic rings. The second kappa shape index (κ2) is 18.0. The van der Waals surface area contributed by atoms with Crippen LogP contribution in [0.2, 0.25) is 0 Å². The second-order valence-electron chi connectivity index (χ2n) is 18.1. The Morgan fingerprint density at radius 3 is 2.23 bits per heavy atom. The number of carbonyl (C=O) groups excluding carboxylic acids is 3. The van der Waals surface area contributed by atoms with Crippen LogP contribution in [0.1, 0.15) is 107 Å². The SMILES string of the molecule is Cc1ncsc1-c1ccc([C@H](C)NC(=O)[C@@H]2C[C@@H](O)CN2C(=O)[C@@H](NC(=O)c2ccc(-c3ccc(C4=N[C@@H](CC(=O)O)c5nnc(C)n5-c5sc(C)c(C)c54)cc3)c(O)c2)C(C)(C)C)cc1. The summed E-state index contributed by atoms with van der Waals surface area (Å²) in [7, 11) is 0. The van der Waals surface area contributed by atoms with Crippen LogP contribution in [0.25, 0.3) is 26.6 Å². The van der Waals surface area contributed by atoms with Crippen LogP contribution >= 0.6 is 22.7 Å². The van der Waals surface area contributed by atoms with Crippen molar-refractivity contribution in [3.05, 3.63) is 122 Å². The van der Waals surface area contributed by atoms with Crippen molar-refractivity contribution in [3.63, 3.8) is 0 Å². The second-order valence-corrected chi connectivity index (χ2v) is 20.2. The number of aliphatic hydroxyl groups excluding tert-OH is 1. The van der Waals surface area contributed by atoms with Gasteiger partial charge in [0.1, 0.15) is 34.7 Å². The number of aliphatic imine (C=N–C) groups is 1. The Hall–Kier alpha value is -6.56. The zero-order chi connectivity index (χ0) is 47.4. The Balaban J connectivity index is 0.980. The number of carbonyl (C=O) groups is 4. The molecule has 0 bridgehead atoms. The number of thiophene rings is 1. The maximum atomic E-state index is 14.4. The zero-order valence-electron chi connectivity index (χ0n) is 37.9. The fourth-order valence-corrected chi connectivity index (χ4v) is 10.7. The summed E-state index contributed by atoms with van der Waals surface area (Å²) in [5, 5.41) is 47.3. The zero-order valence-corrected chi connectivity index (χ0v) is 39.5. The van der Waals surface area contributed by atoms with Crippen LogP contribution in [0.15, 0.2) is 77.2 Å². The number of aliphatic hydroxyl groups is 1. The molecule has 6 aromatic rings. The van der Waals surface area contributed by atoms with Gasteiger partial charge in [0, 0.05) is 40.1 Å². The number of amides is 3. The first-order valence-electron chi connectivity index (χ1n) is 21.7. The molecule has 5 N–H and O–H groups in total. The number of fused-ring (bicyclic) bond motifs is 3. The molecule has 2 aliphatic heterocycles. The first-order valence-corrected chi connectivity index (χ1v) is 23.4. The molecule has 1 fully saturated rings. The molecule has 0 saturated carbocycles. The highest BCUT2D eigenvalue weighted by atomic mass is 32.1. The van der Waals surface area contributed by atoms with E-state index in [1.54, 1.807) is 40.3 Å². The first-order chi connectivity index (χ1) is 31.3. The summed E-state index contributed by atoms with van der Waals surface area (Å²) in [6, 6.07) is 16.6. The van der Waals surface area contributed by atoms with E-state index in [9.17, 15) is 34.5 Å². The number of hydrogen-bond acceptors (Lipinski definition) is 12. The molecule has 0 radical (unpaired) electrons. The monoisotopic (exact) mass is 928 g/mol. The standard InChI is InChI=1S/C49H52N8O7S2/c1-24-27(4)66-48-40(24)41(52-36(21-39(60)61)44-55-54-28(5)57(44)48)31-13-11-30(12-14-31)35-18-17-33(19-38(35)59)45(62)53-43(49(6,7)8)47(64)56-22-34(58)20-37(56)46(63)51-25(2)29-9-15-32(16-10-29)42-26(3)50-23-65-42/h9-19,23,25,34,36-37,43,58-59H,20-22H2,1-8H3,(H,51,63)(H,53,62)(H,60,61)/t25-,34+,36-,37-,43+/m0/s1. The third-order valence-electron chi connectivity index (χ3n) is 12.4. The summed E-state index contributed by atoms with van der Waals surface area (Å²) in [6.07, 6.45) is -1.15. The third-order valence-corrected chi connectivity index (χ3v) is 14.5. The van der Waals surface area contributed by atoms with Crippen molar-refractivity contribution < 1.29 is 34.5 Å². The van der Waals surface area contributed by atoms with Gasteiger partial charge in [0.05, 0.1) is 40.4 Å². The number of aromatic hydroxyl groups is 1. The molecule has 3 amide bonds. The van der Waals surface area contributed by atoms with Crippen molar-refractivity contribution in [1.29, 1.82) is 0 Å². The van der Waals surface area contributed by atoms with Gasteiger partial charge in [-0.25, -0.2) is 4.98 Å². The third kappa shape index (κ3) is 8.89. The number of β-amino-alcohol motifs (C(OH)–C–C–N with tert-alkyl or cyclic N) is 1. The van der Waals surface area contributed by atoms with E-state index in [1.807, 2.05) is 108 Å². The molecule has 3 aromatic carbocycles. The van der Waals surface area contributed by atoms with Crippen LogP contribution in [0.3, 0.4) is 0 Å². The van der Waals surface area contributed by atoms with Gasteiger partial charge in [-0.05, 0) is 80.5 Å². The lowest BCUT2D eigenvalue weighted by atomic mass is 9.85. The number of nitrogens with one attached hydrogen (secondary N) is 2. The minimum Gasteiger partial charge on any atom is -0.507 e. The number of carboxylic acid groups (broad SMARTS) is 1. The number of likely N-dealkylation sites (tertiary alicyclic amines) is 1. The van der Waals surface area contributed by atoms with Gasteiger partial charge < -0.3 is 30.9 Å². The minimum atomic E-state index is -1.09. The summed E-state index contributed by atoms with van der Waals surface area (Å²) >= 11 is 3.13. The number of benzene rings is 3. The number of phenols is 1. The molecule has 15 nitrogen and oxygen atoms in total. The Morgan fingerprint density at radius 1 is 0.909 bits per heavy atom. The Morgan fingerprint density at radius 2 is 1.59 bits per heavy atom. The number of aromatic nitrogens is 4. The summed E-state index contributed by atoms with van der Waals surface area (Å²) in [4.78, 5) is 66.9. The van der Waals surface area contributed by atoms with Crippen LogP contribution in [0.4, 0.5) is 0 Å². The van der Waals surface area contributed by atoms with Crippen molar-refractivity contribution in [3.8, 4) is 32.3 Å². The van der Waals surface area contributed by atoms with Gasteiger partial charge in [-0.1, -0.05) is 69.3 Å². The van der Waals surface area contributed by atoms with Gasteiger partial charge in [0.15, 0.2) is 5.82 Å². The largest absolute Gasteiger partial charge is 0.507 e. The maximum absolute atomic E-state index is 14.4. The van der Waals surface area contributed by atoms with Crippen molar-refractivity contribution in [2.45, 2.75) is 98.5 Å². The van der Waals surface area contributed by atoms with Crippen LogP contribution in [0, 0.1) is 33.1 Å². The highest BCUT2D eigenvalue weighted by Crippen LogP contribution is 2.40. The number of aryl methyl sites for hydroxylation is 3. The van der Waals surface area contributed by atoms with Gasteiger partial charge in [0.2, 0.25) is 11.8 Å².